The van der Waals surface area contributed by atoms with E-state index >= 15 is 0 Å². The summed E-state index contributed by atoms with van der Waals surface area (Å²) in [5, 5.41) is 8.30. The SMILES string of the molecule is CCOCCC(N)C(=O)O.Cl. The van der Waals surface area contributed by atoms with Crippen molar-refractivity contribution in [2.75, 3.05) is 13.2 Å². The van der Waals surface area contributed by atoms with E-state index in [2.05, 4.69) is 0 Å². The molecule has 0 aliphatic heterocycles. The summed E-state index contributed by atoms with van der Waals surface area (Å²) in [6, 6.07) is -0.786. The molecule has 0 saturated carbocycles. The molecule has 0 spiro atoms. The van der Waals surface area contributed by atoms with E-state index in [9.17, 15) is 4.79 Å². The summed E-state index contributed by atoms with van der Waals surface area (Å²) >= 11 is 0. The van der Waals surface area contributed by atoms with Gasteiger partial charge in [0.15, 0.2) is 0 Å². The summed E-state index contributed by atoms with van der Waals surface area (Å²) in [5.41, 5.74) is 5.18. The average molecular weight is 184 g/mol. The molecule has 0 bridgehead atoms. The minimum Gasteiger partial charge on any atom is -0.480 e. The van der Waals surface area contributed by atoms with Gasteiger partial charge >= 0.3 is 5.97 Å². The van der Waals surface area contributed by atoms with Gasteiger partial charge < -0.3 is 15.6 Å². The van der Waals surface area contributed by atoms with Crippen LogP contribution in [0.2, 0.25) is 0 Å². The third kappa shape index (κ3) is 7.58. The molecule has 3 N–H and O–H groups in total. The maximum absolute atomic E-state index is 10.1. The number of nitrogens with two attached hydrogens (primary N) is 1. The van der Waals surface area contributed by atoms with Gasteiger partial charge in [0.25, 0.3) is 0 Å². The first kappa shape index (κ1) is 13.3. The summed E-state index contributed by atoms with van der Waals surface area (Å²) in [7, 11) is 0. The van der Waals surface area contributed by atoms with Crippen molar-refractivity contribution in [3.05, 3.63) is 0 Å². The normalized spacial score (nSPS) is 11.8. The molecular formula is C6H14ClNO3. The summed E-state index contributed by atoms with van der Waals surface area (Å²) in [6.45, 7) is 2.88. The van der Waals surface area contributed by atoms with Crippen molar-refractivity contribution in [3.8, 4) is 0 Å². The third-order valence-corrected chi connectivity index (χ3v) is 1.09. The molecule has 5 heteroatoms. The van der Waals surface area contributed by atoms with Crippen molar-refractivity contribution in [1.82, 2.24) is 0 Å². The number of ether oxygens (including phenoxy) is 1. The molecule has 0 aliphatic carbocycles. The molecule has 1 atom stereocenters. The highest BCUT2D eigenvalue weighted by Crippen LogP contribution is 1.88. The van der Waals surface area contributed by atoms with E-state index in [0.717, 1.165) is 0 Å². The molecule has 0 aromatic heterocycles. The minimum absolute atomic E-state index is 0. The quantitative estimate of drug-likeness (QED) is 0.600. The molecule has 0 saturated heterocycles. The van der Waals surface area contributed by atoms with Crippen LogP contribution < -0.4 is 5.73 Å². The molecule has 0 aromatic rings. The van der Waals surface area contributed by atoms with Crippen molar-refractivity contribution in [3.63, 3.8) is 0 Å². The summed E-state index contributed by atoms with van der Waals surface area (Å²) in [6.07, 6.45) is 0.378. The van der Waals surface area contributed by atoms with Gasteiger partial charge in [-0.25, -0.2) is 0 Å². The van der Waals surface area contributed by atoms with E-state index in [1.54, 1.807) is 0 Å². The predicted molar refractivity (Wildman–Crippen MR) is 44.0 cm³/mol. The van der Waals surface area contributed by atoms with Crippen LogP contribution in [0.5, 0.6) is 0 Å². The van der Waals surface area contributed by atoms with Crippen molar-refractivity contribution >= 4 is 18.4 Å². The second kappa shape index (κ2) is 7.78. The number of carbonyl (C=O) groups is 1. The number of halogens is 1. The number of rotatable bonds is 5. The third-order valence-electron chi connectivity index (χ3n) is 1.09. The summed E-state index contributed by atoms with van der Waals surface area (Å²) in [4.78, 5) is 10.1. The maximum Gasteiger partial charge on any atom is 0.320 e. The monoisotopic (exact) mass is 183 g/mol. The molecule has 0 fully saturated rings. The number of aliphatic carboxylic acids is 1. The van der Waals surface area contributed by atoms with Crippen molar-refractivity contribution in [2.45, 2.75) is 19.4 Å². The lowest BCUT2D eigenvalue weighted by atomic mass is 10.2. The van der Waals surface area contributed by atoms with Crippen LogP contribution >= 0.6 is 12.4 Å². The lowest BCUT2D eigenvalue weighted by Gasteiger charge is -2.04. The van der Waals surface area contributed by atoms with Crippen LogP contribution in [0.15, 0.2) is 0 Å². The fraction of sp³-hybridized carbons (Fsp3) is 0.833. The van der Waals surface area contributed by atoms with Gasteiger partial charge in [-0.05, 0) is 13.3 Å². The second-order valence-corrected chi connectivity index (χ2v) is 1.93. The second-order valence-electron chi connectivity index (χ2n) is 1.93. The number of hydrogen-bond acceptors (Lipinski definition) is 3. The van der Waals surface area contributed by atoms with Gasteiger partial charge in [-0.15, -0.1) is 12.4 Å². The fourth-order valence-electron chi connectivity index (χ4n) is 0.478. The van der Waals surface area contributed by atoms with Gasteiger partial charge in [0.2, 0.25) is 0 Å². The Labute approximate surface area is 72.1 Å². The molecular weight excluding hydrogens is 170 g/mol. The zero-order valence-corrected chi connectivity index (χ0v) is 7.26. The Morgan fingerprint density at radius 1 is 1.73 bits per heavy atom. The fourth-order valence-corrected chi connectivity index (χ4v) is 0.478. The standard InChI is InChI=1S/C6H13NO3.ClH/c1-2-10-4-3-5(7)6(8)9;/h5H,2-4,7H2,1H3,(H,8,9);1H. The summed E-state index contributed by atoms with van der Waals surface area (Å²) < 4.78 is 4.91. The Morgan fingerprint density at radius 2 is 2.27 bits per heavy atom. The van der Waals surface area contributed by atoms with E-state index in [1.165, 1.54) is 0 Å². The molecule has 0 aliphatic rings. The molecule has 0 amide bonds. The molecule has 0 heterocycles. The van der Waals surface area contributed by atoms with E-state index in [4.69, 9.17) is 15.6 Å². The molecule has 11 heavy (non-hydrogen) atoms. The molecule has 0 aromatic carbocycles. The highest BCUT2D eigenvalue weighted by molar-refractivity contribution is 5.85. The summed E-state index contributed by atoms with van der Waals surface area (Å²) in [5.74, 6) is -0.972. The molecule has 0 radical (unpaired) electrons. The first-order valence-corrected chi connectivity index (χ1v) is 3.24. The highest BCUT2D eigenvalue weighted by Gasteiger charge is 2.09. The first-order chi connectivity index (χ1) is 4.68. The predicted octanol–water partition coefficient (Wildman–Crippen LogP) is 0.247. The lowest BCUT2D eigenvalue weighted by molar-refractivity contribution is -0.139. The van der Waals surface area contributed by atoms with Crippen LogP contribution in [-0.4, -0.2) is 30.3 Å². The maximum atomic E-state index is 10.1. The Balaban J connectivity index is 0. The Hall–Kier alpha value is -0.320. The topological polar surface area (TPSA) is 72.5 Å². The van der Waals surface area contributed by atoms with Crippen LogP contribution in [-0.2, 0) is 9.53 Å². The van der Waals surface area contributed by atoms with Crippen LogP contribution in [0.3, 0.4) is 0 Å². The lowest BCUT2D eigenvalue weighted by Crippen LogP contribution is -2.31. The Kier molecular flexibility index (Phi) is 9.40. The molecule has 0 rings (SSSR count). The molecule has 1 unspecified atom stereocenters. The Morgan fingerprint density at radius 3 is 2.64 bits per heavy atom. The van der Waals surface area contributed by atoms with E-state index in [-0.39, 0.29) is 12.4 Å². The zero-order valence-electron chi connectivity index (χ0n) is 6.45. The van der Waals surface area contributed by atoms with E-state index < -0.39 is 12.0 Å². The van der Waals surface area contributed by atoms with Crippen LogP contribution in [0.25, 0.3) is 0 Å². The molecule has 4 nitrogen and oxygen atoms in total. The van der Waals surface area contributed by atoms with Crippen LogP contribution in [0, 0.1) is 0 Å². The van der Waals surface area contributed by atoms with Gasteiger partial charge in [-0.1, -0.05) is 0 Å². The first-order valence-electron chi connectivity index (χ1n) is 3.24. The van der Waals surface area contributed by atoms with Crippen molar-refractivity contribution in [1.29, 1.82) is 0 Å². The zero-order chi connectivity index (χ0) is 7.98. The highest BCUT2D eigenvalue weighted by atomic mass is 35.5. The van der Waals surface area contributed by atoms with E-state index in [1.807, 2.05) is 6.92 Å². The van der Waals surface area contributed by atoms with Crippen molar-refractivity contribution in [2.24, 2.45) is 5.73 Å². The minimum atomic E-state index is -0.972. The van der Waals surface area contributed by atoms with Crippen LogP contribution in [0.4, 0.5) is 0 Å². The van der Waals surface area contributed by atoms with Gasteiger partial charge in [0.05, 0.1) is 0 Å². The smallest absolute Gasteiger partial charge is 0.320 e. The Bertz CT molecular complexity index is 110. The van der Waals surface area contributed by atoms with Crippen molar-refractivity contribution < 1.29 is 14.6 Å². The van der Waals surface area contributed by atoms with Gasteiger partial charge in [0.1, 0.15) is 6.04 Å². The van der Waals surface area contributed by atoms with E-state index in [0.29, 0.717) is 19.6 Å². The average Bonchev–Trinajstić information content (AvgIpc) is 1.88. The largest absolute Gasteiger partial charge is 0.480 e. The number of carboxylic acids is 1. The molecule has 68 valence electrons. The van der Waals surface area contributed by atoms with Gasteiger partial charge in [0, 0.05) is 13.2 Å². The van der Waals surface area contributed by atoms with Gasteiger partial charge in [-0.2, -0.15) is 0 Å². The van der Waals surface area contributed by atoms with Gasteiger partial charge in [-0.3, -0.25) is 4.79 Å². The number of carboxylic acid groups (broad SMARTS) is 1. The van der Waals surface area contributed by atoms with Crippen LogP contribution in [0.1, 0.15) is 13.3 Å². The number of hydrogen-bond donors (Lipinski definition) is 2.